The Morgan fingerprint density at radius 3 is 2.60 bits per heavy atom. The third-order valence-corrected chi connectivity index (χ3v) is 6.64. The minimum absolute atomic E-state index is 0.761. The summed E-state index contributed by atoms with van der Waals surface area (Å²) < 4.78 is 6.28. The Bertz CT molecular complexity index is 811. The number of thioether (sulfide) groups is 2. The number of rotatable bonds is 8. The van der Waals surface area contributed by atoms with Gasteiger partial charge >= 0.3 is 0 Å². The van der Waals surface area contributed by atoms with E-state index in [1.54, 1.807) is 30.2 Å². The number of benzene rings is 2. The van der Waals surface area contributed by atoms with Crippen LogP contribution in [0, 0.1) is 0 Å². The van der Waals surface area contributed by atoms with Crippen molar-refractivity contribution in [1.82, 2.24) is 10.2 Å². The van der Waals surface area contributed by atoms with Gasteiger partial charge in [-0.2, -0.15) is 0 Å². The van der Waals surface area contributed by atoms with Crippen molar-refractivity contribution in [2.45, 2.75) is 9.24 Å². The Balaban J connectivity index is 1.47. The quantitative estimate of drug-likeness (QED) is 0.373. The van der Waals surface area contributed by atoms with Gasteiger partial charge in [-0.3, -0.25) is 0 Å². The maximum atomic E-state index is 5.89. The fraction of sp³-hybridized carbons (Fsp3) is 0.176. The molecule has 25 heavy (non-hydrogen) atoms. The molecule has 0 spiro atoms. The highest BCUT2D eigenvalue weighted by molar-refractivity contribution is 8.03. The first kappa shape index (κ1) is 18.4. The molecule has 8 heteroatoms. The average molecular weight is 410 g/mol. The molecule has 0 aliphatic rings. The minimum Gasteiger partial charge on any atom is -0.495 e. The van der Waals surface area contributed by atoms with E-state index in [1.165, 1.54) is 4.90 Å². The third-order valence-electron chi connectivity index (χ3n) is 3.15. The van der Waals surface area contributed by atoms with Crippen LogP contribution in [0.3, 0.4) is 0 Å². The maximum absolute atomic E-state index is 5.89. The minimum atomic E-state index is 0.761. The van der Waals surface area contributed by atoms with E-state index in [1.807, 2.05) is 60.3 Å². The molecule has 0 unspecified atom stereocenters. The highest BCUT2D eigenvalue weighted by atomic mass is 35.5. The number of nitrogens with one attached hydrogen (secondary N) is 1. The Hall–Kier alpha value is -1.41. The molecule has 1 N–H and O–H groups in total. The Labute approximate surface area is 164 Å². The number of para-hydroxylation sites is 2. The zero-order valence-corrected chi connectivity index (χ0v) is 16.6. The number of hydrogen-bond acceptors (Lipinski definition) is 7. The van der Waals surface area contributed by atoms with Crippen molar-refractivity contribution in [1.29, 1.82) is 0 Å². The molecule has 4 nitrogen and oxygen atoms in total. The highest BCUT2D eigenvalue weighted by Gasteiger charge is 2.08. The molecule has 3 aromatic rings. The van der Waals surface area contributed by atoms with Crippen LogP contribution < -0.4 is 10.1 Å². The summed E-state index contributed by atoms with van der Waals surface area (Å²) in [6, 6.07) is 15.7. The van der Waals surface area contributed by atoms with E-state index in [-0.39, 0.29) is 0 Å². The van der Waals surface area contributed by atoms with Crippen LogP contribution in [-0.4, -0.2) is 28.8 Å². The largest absolute Gasteiger partial charge is 0.495 e. The first-order chi connectivity index (χ1) is 12.2. The lowest BCUT2D eigenvalue weighted by atomic mass is 10.3. The van der Waals surface area contributed by atoms with E-state index in [4.69, 9.17) is 16.3 Å². The van der Waals surface area contributed by atoms with Crippen LogP contribution in [-0.2, 0) is 0 Å². The Morgan fingerprint density at radius 2 is 1.80 bits per heavy atom. The van der Waals surface area contributed by atoms with Gasteiger partial charge in [-0.1, -0.05) is 46.8 Å². The number of aromatic nitrogens is 2. The Morgan fingerprint density at radius 1 is 1.04 bits per heavy atom. The molecule has 0 bridgehead atoms. The summed E-state index contributed by atoms with van der Waals surface area (Å²) in [6.07, 6.45) is 0. The normalized spacial score (nSPS) is 10.6. The summed E-state index contributed by atoms with van der Waals surface area (Å²) in [5, 5.41) is 13.2. The van der Waals surface area contributed by atoms with Gasteiger partial charge in [0.15, 0.2) is 4.34 Å². The molecule has 0 radical (unpaired) electrons. The van der Waals surface area contributed by atoms with Gasteiger partial charge in [-0.05, 0) is 36.4 Å². The maximum Gasteiger partial charge on any atom is 0.210 e. The summed E-state index contributed by atoms with van der Waals surface area (Å²) in [7, 11) is 1.65. The molecule has 1 heterocycles. The number of ether oxygens (including phenoxy) is 1. The molecule has 0 amide bonds. The fourth-order valence-corrected chi connectivity index (χ4v) is 4.84. The Kier molecular flexibility index (Phi) is 6.86. The second kappa shape index (κ2) is 9.33. The SMILES string of the molecule is COc1ccccc1Nc1nnc(SCCSc2ccc(Cl)cc2)s1. The highest BCUT2D eigenvalue weighted by Crippen LogP contribution is 2.32. The molecule has 1 aromatic heterocycles. The smallest absolute Gasteiger partial charge is 0.210 e. The van der Waals surface area contributed by atoms with E-state index >= 15 is 0 Å². The summed E-state index contributed by atoms with van der Waals surface area (Å²) in [5.41, 5.74) is 0.885. The predicted octanol–water partition coefficient (Wildman–Crippen LogP) is 5.83. The van der Waals surface area contributed by atoms with Crippen LogP contribution in [0.2, 0.25) is 5.02 Å². The van der Waals surface area contributed by atoms with Crippen molar-refractivity contribution >= 4 is 57.3 Å². The van der Waals surface area contributed by atoms with Crippen molar-refractivity contribution in [3.8, 4) is 5.75 Å². The second-order valence-corrected chi connectivity index (χ2v) is 8.77. The number of halogens is 1. The van der Waals surface area contributed by atoms with E-state index in [0.29, 0.717) is 0 Å². The van der Waals surface area contributed by atoms with Crippen molar-refractivity contribution in [3.05, 3.63) is 53.6 Å². The third kappa shape index (κ3) is 5.54. The van der Waals surface area contributed by atoms with E-state index in [9.17, 15) is 0 Å². The zero-order chi connectivity index (χ0) is 17.5. The predicted molar refractivity (Wildman–Crippen MR) is 109 cm³/mol. The van der Waals surface area contributed by atoms with Crippen LogP contribution >= 0.6 is 46.5 Å². The van der Waals surface area contributed by atoms with E-state index < -0.39 is 0 Å². The summed E-state index contributed by atoms with van der Waals surface area (Å²) in [6.45, 7) is 0. The molecule has 0 aliphatic carbocycles. The lowest BCUT2D eigenvalue weighted by molar-refractivity contribution is 0.417. The number of methoxy groups -OCH3 is 1. The van der Waals surface area contributed by atoms with Gasteiger partial charge in [0.1, 0.15) is 5.75 Å². The van der Waals surface area contributed by atoms with Gasteiger partial charge in [0.25, 0.3) is 0 Å². The van der Waals surface area contributed by atoms with Crippen molar-refractivity contribution in [2.24, 2.45) is 0 Å². The van der Waals surface area contributed by atoms with E-state index in [2.05, 4.69) is 15.5 Å². The molecule has 2 aromatic carbocycles. The van der Waals surface area contributed by atoms with Crippen LogP contribution in [0.4, 0.5) is 10.8 Å². The summed E-state index contributed by atoms with van der Waals surface area (Å²) in [4.78, 5) is 1.22. The monoisotopic (exact) mass is 409 g/mol. The fourth-order valence-electron chi connectivity index (χ4n) is 2.00. The van der Waals surface area contributed by atoms with Gasteiger partial charge < -0.3 is 10.1 Å². The molecule has 0 fully saturated rings. The van der Waals surface area contributed by atoms with Crippen LogP contribution in [0.15, 0.2) is 57.8 Å². The second-order valence-electron chi connectivity index (χ2n) is 4.85. The first-order valence-electron chi connectivity index (χ1n) is 7.49. The van der Waals surface area contributed by atoms with Gasteiger partial charge in [-0.25, -0.2) is 0 Å². The molecule has 0 aliphatic heterocycles. The van der Waals surface area contributed by atoms with Crippen LogP contribution in [0.25, 0.3) is 0 Å². The van der Waals surface area contributed by atoms with Crippen LogP contribution in [0.5, 0.6) is 5.75 Å². The topological polar surface area (TPSA) is 47.0 Å². The molecular formula is C17H16ClN3OS3. The summed E-state index contributed by atoms with van der Waals surface area (Å²) in [5.74, 6) is 2.75. The summed E-state index contributed by atoms with van der Waals surface area (Å²) >= 11 is 11.0. The molecule has 0 atom stereocenters. The molecular weight excluding hydrogens is 394 g/mol. The van der Waals surface area contributed by atoms with Gasteiger partial charge in [0, 0.05) is 21.4 Å². The average Bonchev–Trinajstić information content (AvgIpc) is 3.08. The van der Waals surface area contributed by atoms with Gasteiger partial charge in [0.05, 0.1) is 12.8 Å². The lowest BCUT2D eigenvalue weighted by Gasteiger charge is -2.07. The van der Waals surface area contributed by atoms with Crippen LogP contribution in [0.1, 0.15) is 0 Å². The zero-order valence-electron chi connectivity index (χ0n) is 13.4. The number of hydrogen-bond donors (Lipinski definition) is 1. The molecule has 0 saturated heterocycles. The van der Waals surface area contributed by atoms with Gasteiger partial charge in [0.2, 0.25) is 5.13 Å². The lowest BCUT2D eigenvalue weighted by Crippen LogP contribution is -1.93. The van der Waals surface area contributed by atoms with Crippen molar-refractivity contribution in [2.75, 3.05) is 23.9 Å². The standard InChI is InChI=1S/C17H16ClN3OS3/c1-22-15-5-3-2-4-14(15)19-16-20-21-17(25-16)24-11-10-23-13-8-6-12(18)7-9-13/h2-9H,10-11H2,1H3,(H,19,20). The number of nitrogens with zero attached hydrogens (tertiary/aromatic N) is 2. The number of anilines is 2. The van der Waals surface area contributed by atoms with Gasteiger partial charge in [-0.15, -0.1) is 22.0 Å². The molecule has 130 valence electrons. The van der Waals surface area contributed by atoms with Crippen molar-refractivity contribution < 1.29 is 4.74 Å². The van der Waals surface area contributed by atoms with Crippen molar-refractivity contribution in [3.63, 3.8) is 0 Å². The first-order valence-corrected chi connectivity index (χ1v) is 10.7. The molecule has 0 saturated carbocycles. The molecule has 3 rings (SSSR count). The van der Waals surface area contributed by atoms with E-state index in [0.717, 1.165) is 37.4 Å².